The third-order valence-corrected chi connectivity index (χ3v) is 5.32. The molecule has 0 saturated heterocycles. The van der Waals surface area contributed by atoms with Crippen LogP contribution >= 0.6 is 11.3 Å². The molecule has 0 radical (unpaired) electrons. The molecule has 8 heteroatoms. The lowest BCUT2D eigenvalue weighted by Gasteiger charge is -2.10. The minimum atomic E-state index is -3.76. The summed E-state index contributed by atoms with van der Waals surface area (Å²) in [5.74, 6) is -1.22. The van der Waals surface area contributed by atoms with Gasteiger partial charge in [0, 0.05) is 6.54 Å². The predicted octanol–water partition coefficient (Wildman–Crippen LogP) is 0.985. The molecule has 6 nitrogen and oxygen atoms in total. The number of aromatic carboxylic acids is 1. The number of aryl methyl sites for hydroxylation is 1. The smallest absolute Gasteiger partial charge is 0.347 e. The van der Waals surface area contributed by atoms with Gasteiger partial charge in [-0.2, -0.15) is 0 Å². The number of sulfonamides is 1. The maximum absolute atomic E-state index is 12.1. The van der Waals surface area contributed by atoms with E-state index in [1.807, 2.05) is 19.0 Å². The molecule has 0 bridgehead atoms. The Morgan fingerprint density at radius 3 is 2.63 bits per heavy atom. The van der Waals surface area contributed by atoms with E-state index in [9.17, 15) is 13.2 Å². The second kappa shape index (κ2) is 6.47. The Kier molecular flexibility index (Phi) is 5.48. The molecule has 2 N–H and O–H groups in total. The summed E-state index contributed by atoms with van der Waals surface area (Å²) in [5, 5.41) is 10.5. The first kappa shape index (κ1) is 16.1. The van der Waals surface area contributed by atoms with Crippen LogP contribution in [-0.4, -0.2) is 51.6 Å². The van der Waals surface area contributed by atoms with Crippen molar-refractivity contribution in [2.75, 3.05) is 27.2 Å². The zero-order valence-corrected chi connectivity index (χ0v) is 12.8. The Balaban J connectivity index is 2.83. The third-order valence-electron chi connectivity index (χ3n) is 2.46. The molecule has 0 aliphatic rings. The second-order valence-electron chi connectivity index (χ2n) is 4.44. The molecular weight excluding hydrogens is 288 g/mol. The van der Waals surface area contributed by atoms with E-state index in [0.29, 0.717) is 12.0 Å². The number of thiophene rings is 1. The van der Waals surface area contributed by atoms with Crippen LogP contribution in [0.1, 0.15) is 21.7 Å². The Labute approximate surface area is 117 Å². The van der Waals surface area contributed by atoms with Gasteiger partial charge in [-0.05, 0) is 44.9 Å². The van der Waals surface area contributed by atoms with Crippen LogP contribution in [-0.2, 0) is 10.0 Å². The summed E-state index contributed by atoms with van der Waals surface area (Å²) in [7, 11) is 0.0455. The van der Waals surface area contributed by atoms with Crippen LogP contribution < -0.4 is 4.72 Å². The first-order valence-electron chi connectivity index (χ1n) is 5.71. The molecule has 1 aromatic heterocycles. The van der Waals surface area contributed by atoms with E-state index in [0.717, 1.165) is 17.9 Å². The lowest BCUT2D eigenvalue weighted by Crippen LogP contribution is -2.28. The maximum Gasteiger partial charge on any atom is 0.347 e. The summed E-state index contributed by atoms with van der Waals surface area (Å²) in [5.41, 5.74) is 0.461. The van der Waals surface area contributed by atoms with Crippen LogP contribution in [0.25, 0.3) is 0 Å². The number of nitrogens with one attached hydrogen (secondary N) is 1. The molecule has 1 heterocycles. The number of hydrogen-bond acceptors (Lipinski definition) is 5. The molecule has 0 amide bonds. The molecule has 0 aliphatic heterocycles. The largest absolute Gasteiger partial charge is 0.477 e. The van der Waals surface area contributed by atoms with Crippen molar-refractivity contribution in [1.82, 2.24) is 9.62 Å². The Hall–Kier alpha value is -0.960. The topological polar surface area (TPSA) is 86.7 Å². The number of nitrogens with zero attached hydrogens (tertiary/aromatic N) is 1. The molecule has 0 aliphatic carbocycles. The van der Waals surface area contributed by atoms with Gasteiger partial charge in [0.25, 0.3) is 0 Å². The first-order chi connectivity index (χ1) is 8.75. The van der Waals surface area contributed by atoms with Crippen LogP contribution in [0.5, 0.6) is 0 Å². The summed E-state index contributed by atoms with van der Waals surface area (Å²) < 4.78 is 26.6. The summed E-state index contributed by atoms with van der Waals surface area (Å²) in [6, 6.07) is 0. The SMILES string of the molecule is Cc1csc(C(=O)O)c1S(=O)(=O)NCCCN(C)C. The summed E-state index contributed by atoms with van der Waals surface area (Å²) in [6.45, 7) is 2.64. The minimum Gasteiger partial charge on any atom is -0.477 e. The van der Waals surface area contributed by atoms with Crippen LogP contribution in [0.3, 0.4) is 0 Å². The quantitative estimate of drug-likeness (QED) is 0.734. The second-order valence-corrected chi connectivity index (χ2v) is 7.02. The zero-order valence-electron chi connectivity index (χ0n) is 11.1. The third kappa shape index (κ3) is 4.27. The monoisotopic (exact) mass is 306 g/mol. The average molecular weight is 306 g/mol. The van der Waals surface area contributed by atoms with Crippen molar-refractivity contribution in [2.24, 2.45) is 0 Å². The molecule has 19 heavy (non-hydrogen) atoms. The van der Waals surface area contributed by atoms with Crippen LogP contribution in [0.2, 0.25) is 0 Å². The molecule has 0 aromatic carbocycles. The normalized spacial score (nSPS) is 12.0. The van der Waals surface area contributed by atoms with E-state index < -0.39 is 16.0 Å². The van der Waals surface area contributed by atoms with Crippen molar-refractivity contribution < 1.29 is 18.3 Å². The highest BCUT2D eigenvalue weighted by molar-refractivity contribution is 7.89. The lowest BCUT2D eigenvalue weighted by atomic mass is 10.3. The molecular formula is C11H18N2O4S2. The Morgan fingerprint density at radius 1 is 1.47 bits per heavy atom. The highest BCUT2D eigenvalue weighted by atomic mass is 32.2. The number of rotatable bonds is 7. The van der Waals surface area contributed by atoms with E-state index >= 15 is 0 Å². The highest BCUT2D eigenvalue weighted by Crippen LogP contribution is 2.26. The molecule has 0 spiro atoms. The van der Waals surface area contributed by atoms with Gasteiger partial charge in [0.05, 0.1) is 0 Å². The van der Waals surface area contributed by atoms with Gasteiger partial charge in [-0.15, -0.1) is 11.3 Å². The van der Waals surface area contributed by atoms with E-state index in [-0.39, 0.29) is 16.3 Å². The minimum absolute atomic E-state index is 0.116. The van der Waals surface area contributed by atoms with E-state index in [1.54, 1.807) is 6.92 Å². The van der Waals surface area contributed by atoms with Gasteiger partial charge >= 0.3 is 5.97 Å². The van der Waals surface area contributed by atoms with Crippen molar-refractivity contribution in [3.8, 4) is 0 Å². The molecule has 0 unspecified atom stereocenters. The van der Waals surface area contributed by atoms with Crippen LogP contribution in [0.4, 0.5) is 0 Å². The van der Waals surface area contributed by atoms with Gasteiger partial charge in [-0.1, -0.05) is 0 Å². The van der Waals surface area contributed by atoms with Crippen molar-refractivity contribution in [3.63, 3.8) is 0 Å². The predicted molar refractivity (Wildman–Crippen MR) is 74.4 cm³/mol. The standard InChI is InChI=1S/C11H18N2O4S2/c1-8-7-18-9(11(14)15)10(8)19(16,17)12-5-4-6-13(2)3/h7,12H,4-6H2,1-3H3,(H,14,15). The van der Waals surface area contributed by atoms with Gasteiger partial charge in [-0.3, -0.25) is 0 Å². The van der Waals surface area contributed by atoms with Gasteiger partial charge in [-0.25, -0.2) is 17.9 Å². The summed E-state index contributed by atoms with van der Waals surface area (Å²) in [6.07, 6.45) is 0.665. The maximum atomic E-state index is 12.1. The Bertz CT molecular complexity index is 549. The fraction of sp³-hybridized carbons (Fsp3) is 0.545. The average Bonchev–Trinajstić information content (AvgIpc) is 2.67. The molecule has 1 rings (SSSR count). The number of carboxylic acid groups (broad SMARTS) is 1. The van der Waals surface area contributed by atoms with E-state index in [1.165, 1.54) is 5.38 Å². The van der Waals surface area contributed by atoms with E-state index in [4.69, 9.17) is 5.11 Å². The van der Waals surface area contributed by atoms with Gasteiger partial charge < -0.3 is 10.0 Å². The molecule has 0 fully saturated rings. The van der Waals surface area contributed by atoms with Crippen molar-refractivity contribution in [1.29, 1.82) is 0 Å². The zero-order chi connectivity index (χ0) is 14.6. The summed E-state index contributed by atoms with van der Waals surface area (Å²) >= 11 is 0.928. The van der Waals surface area contributed by atoms with Crippen LogP contribution in [0, 0.1) is 6.92 Å². The Morgan fingerprint density at radius 2 is 2.11 bits per heavy atom. The fourth-order valence-corrected chi connectivity index (χ4v) is 4.29. The van der Waals surface area contributed by atoms with Gasteiger partial charge in [0.15, 0.2) is 0 Å². The number of carbonyl (C=O) groups is 1. The van der Waals surface area contributed by atoms with Crippen molar-refractivity contribution >= 4 is 27.3 Å². The molecule has 1 aromatic rings. The number of hydrogen-bond donors (Lipinski definition) is 2. The fourth-order valence-electron chi connectivity index (χ4n) is 1.59. The summed E-state index contributed by atoms with van der Waals surface area (Å²) in [4.78, 5) is 12.7. The van der Waals surface area contributed by atoms with Gasteiger partial charge in [0.1, 0.15) is 9.77 Å². The molecule has 108 valence electrons. The van der Waals surface area contributed by atoms with E-state index in [2.05, 4.69) is 4.72 Å². The highest BCUT2D eigenvalue weighted by Gasteiger charge is 2.26. The van der Waals surface area contributed by atoms with Crippen LogP contribution in [0.15, 0.2) is 10.3 Å². The lowest BCUT2D eigenvalue weighted by molar-refractivity contribution is 0.0698. The first-order valence-corrected chi connectivity index (χ1v) is 8.07. The van der Waals surface area contributed by atoms with Crippen molar-refractivity contribution in [2.45, 2.75) is 18.2 Å². The molecule has 0 atom stereocenters. The number of carboxylic acids is 1. The van der Waals surface area contributed by atoms with Crippen molar-refractivity contribution in [3.05, 3.63) is 15.8 Å². The van der Waals surface area contributed by atoms with Gasteiger partial charge in [0.2, 0.25) is 10.0 Å². The molecule has 0 saturated carbocycles.